The van der Waals surface area contributed by atoms with Gasteiger partial charge >= 0.3 is 5.97 Å². The average Bonchev–Trinajstić information content (AvgIpc) is 2.96. The molecule has 3 aromatic rings. The lowest BCUT2D eigenvalue weighted by Crippen LogP contribution is -2.00. The summed E-state index contributed by atoms with van der Waals surface area (Å²) in [5.41, 5.74) is 2.07. The van der Waals surface area contributed by atoms with Crippen LogP contribution >= 0.6 is 23.2 Å². The molecule has 3 rings (SSSR count). The molecule has 0 aliphatic heterocycles. The summed E-state index contributed by atoms with van der Waals surface area (Å²) in [5.74, 6) is 0.293. The van der Waals surface area contributed by atoms with Crippen LogP contribution in [-0.4, -0.2) is 25.2 Å². The monoisotopic (exact) mass is 351 g/mol. The second-order valence-corrected chi connectivity index (χ2v) is 5.48. The van der Waals surface area contributed by atoms with Crippen molar-refractivity contribution in [1.82, 2.24) is 4.98 Å². The van der Waals surface area contributed by atoms with Gasteiger partial charge in [-0.15, -0.1) is 0 Å². The Morgan fingerprint density at radius 1 is 1.13 bits per heavy atom. The fourth-order valence-electron chi connectivity index (χ4n) is 2.17. The van der Waals surface area contributed by atoms with Gasteiger partial charge in [0, 0.05) is 5.56 Å². The summed E-state index contributed by atoms with van der Waals surface area (Å²) in [7, 11) is 2.81. The van der Waals surface area contributed by atoms with Crippen LogP contribution in [0.3, 0.4) is 0 Å². The van der Waals surface area contributed by atoms with Gasteiger partial charge in [-0.05, 0) is 30.3 Å². The molecule has 0 bridgehead atoms. The number of carbonyl (C=O) groups is 1. The third-order valence-electron chi connectivity index (χ3n) is 3.26. The quantitative estimate of drug-likeness (QED) is 0.645. The Kier molecular flexibility index (Phi) is 4.15. The van der Waals surface area contributed by atoms with Crippen LogP contribution < -0.4 is 4.74 Å². The van der Waals surface area contributed by atoms with Crippen molar-refractivity contribution in [2.45, 2.75) is 0 Å². The number of methoxy groups -OCH3 is 2. The van der Waals surface area contributed by atoms with E-state index in [-0.39, 0.29) is 0 Å². The maximum absolute atomic E-state index is 11.6. The first kappa shape index (κ1) is 15.6. The summed E-state index contributed by atoms with van der Waals surface area (Å²) >= 11 is 12.3. The summed E-state index contributed by atoms with van der Waals surface area (Å²) in [6.07, 6.45) is 0. The number of hydrogen-bond acceptors (Lipinski definition) is 5. The lowest BCUT2D eigenvalue weighted by molar-refractivity contribution is 0.0601. The molecule has 0 atom stereocenters. The number of nitrogens with zero attached hydrogens (tertiary/aromatic N) is 1. The second-order valence-electron chi connectivity index (χ2n) is 4.67. The van der Waals surface area contributed by atoms with E-state index in [2.05, 4.69) is 9.72 Å². The van der Waals surface area contributed by atoms with E-state index in [0.29, 0.717) is 43.9 Å². The Morgan fingerprint density at radius 2 is 1.83 bits per heavy atom. The molecule has 23 heavy (non-hydrogen) atoms. The first-order valence-electron chi connectivity index (χ1n) is 6.56. The van der Waals surface area contributed by atoms with E-state index >= 15 is 0 Å². The Bertz CT molecular complexity index is 881. The Labute approximate surface area is 141 Å². The summed E-state index contributed by atoms with van der Waals surface area (Å²) in [6.45, 7) is 0. The normalized spacial score (nSPS) is 10.8. The number of rotatable bonds is 3. The molecule has 0 N–H and O–H groups in total. The van der Waals surface area contributed by atoms with Gasteiger partial charge < -0.3 is 13.9 Å². The Hall–Kier alpha value is -2.24. The molecule has 7 heteroatoms. The van der Waals surface area contributed by atoms with Crippen LogP contribution in [0.25, 0.3) is 22.6 Å². The molecule has 0 unspecified atom stereocenters. The zero-order chi connectivity index (χ0) is 16.6. The number of benzene rings is 2. The van der Waals surface area contributed by atoms with Crippen molar-refractivity contribution in [3.05, 3.63) is 45.9 Å². The molecule has 0 spiro atoms. The van der Waals surface area contributed by atoms with Crippen molar-refractivity contribution in [2.75, 3.05) is 14.2 Å². The van der Waals surface area contributed by atoms with Crippen molar-refractivity contribution in [3.8, 4) is 17.2 Å². The molecule has 0 amide bonds. The minimum absolute atomic E-state index is 0.341. The second kappa shape index (κ2) is 6.10. The number of halogens is 2. The highest BCUT2D eigenvalue weighted by atomic mass is 35.5. The molecule has 1 heterocycles. The van der Waals surface area contributed by atoms with Crippen molar-refractivity contribution in [2.24, 2.45) is 0 Å². The van der Waals surface area contributed by atoms with E-state index in [9.17, 15) is 4.79 Å². The maximum Gasteiger partial charge on any atom is 0.337 e. The average molecular weight is 352 g/mol. The highest BCUT2D eigenvalue weighted by Gasteiger charge is 2.15. The third-order valence-corrected chi connectivity index (χ3v) is 3.82. The van der Waals surface area contributed by atoms with Crippen LogP contribution in [0.5, 0.6) is 5.75 Å². The van der Waals surface area contributed by atoms with Crippen LogP contribution in [0.15, 0.2) is 34.7 Å². The van der Waals surface area contributed by atoms with Gasteiger partial charge in [-0.3, -0.25) is 0 Å². The van der Waals surface area contributed by atoms with Crippen LogP contribution in [0.1, 0.15) is 10.4 Å². The summed E-state index contributed by atoms with van der Waals surface area (Å²) in [6, 6.07) is 8.17. The van der Waals surface area contributed by atoms with E-state index in [0.717, 1.165) is 0 Å². The minimum atomic E-state index is -0.438. The molecule has 5 nitrogen and oxygen atoms in total. The number of carbonyl (C=O) groups excluding carboxylic acids is 1. The molecule has 0 aliphatic carbocycles. The number of ether oxygens (including phenoxy) is 2. The maximum atomic E-state index is 11.6. The number of hydrogen-bond donors (Lipinski definition) is 0. The molecular formula is C16H11Cl2NO4. The molecule has 1 aromatic heterocycles. The third kappa shape index (κ3) is 2.85. The van der Waals surface area contributed by atoms with Crippen LogP contribution in [0.4, 0.5) is 0 Å². The van der Waals surface area contributed by atoms with E-state index in [1.807, 2.05) is 0 Å². The largest absolute Gasteiger partial charge is 0.494 e. The molecule has 0 fully saturated rings. The first-order valence-corrected chi connectivity index (χ1v) is 7.31. The predicted octanol–water partition coefficient (Wildman–Crippen LogP) is 4.60. The van der Waals surface area contributed by atoms with Gasteiger partial charge in [-0.25, -0.2) is 9.78 Å². The standard InChI is InChI=1S/C16H11Cl2NO4/c1-21-14-10(17)5-9(6-11(14)18)15-19-12-7-8(16(20)22-2)3-4-13(12)23-15/h3-7H,1-2H3. The van der Waals surface area contributed by atoms with Crippen LogP contribution in [0.2, 0.25) is 10.0 Å². The van der Waals surface area contributed by atoms with Crippen LogP contribution in [-0.2, 0) is 4.74 Å². The van der Waals surface area contributed by atoms with Crippen molar-refractivity contribution < 1.29 is 18.7 Å². The van der Waals surface area contributed by atoms with Gasteiger partial charge in [0.25, 0.3) is 0 Å². The fourth-order valence-corrected chi connectivity index (χ4v) is 2.82. The fraction of sp³-hybridized carbons (Fsp3) is 0.125. The first-order chi connectivity index (χ1) is 11.0. The number of aromatic nitrogens is 1. The summed E-state index contributed by atoms with van der Waals surface area (Å²) < 4.78 is 15.5. The Morgan fingerprint density at radius 3 is 2.43 bits per heavy atom. The predicted molar refractivity (Wildman–Crippen MR) is 87.4 cm³/mol. The molecule has 2 aromatic carbocycles. The summed E-state index contributed by atoms with van der Waals surface area (Å²) in [4.78, 5) is 15.9. The number of fused-ring (bicyclic) bond motifs is 1. The van der Waals surface area contributed by atoms with Gasteiger partial charge in [0.1, 0.15) is 5.52 Å². The highest BCUT2D eigenvalue weighted by molar-refractivity contribution is 6.37. The van der Waals surface area contributed by atoms with Crippen LogP contribution in [0, 0.1) is 0 Å². The molecule has 118 valence electrons. The molecule has 0 aliphatic rings. The molecular weight excluding hydrogens is 341 g/mol. The number of esters is 1. The van der Waals surface area contributed by atoms with Crippen molar-refractivity contribution in [1.29, 1.82) is 0 Å². The molecule has 0 saturated carbocycles. The smallest absolute Gasteiger partial charge is 0.337 e. The van der Waals surface area contributed by atoms with E-state index in [4.69, 9.17) is 32.4 Å². The lowest BCUT2D eigenvalue weighted by atomic mass is 10.2. The zero-order valence-electron chi connectivity index (χ0n) is 12.2. The highest BCUT2D eigenvalue weighted by Crippen LogP contribution is 2.37. The van der Waals surface area contributed by atoms with Gasteiger partial charge in [-0.1, -0.05) is 23.2 Å². The van der Waals surface area contributed by atoms with Gasteiger partial charge in [0.2, 0.25) is 5.89 Å². The van der Waals surface area contributed by atoms with Gasteiger partial charge in [0.15, 0.2) is 11.3 Å². The van der Waals surface area contributed by atoms with Crippen molar-refractivity contribution >= 4 is 40.3 Å². The number of oxazole rings is 1. The van der Waals surface area contributed by atoms with Gasteiger partial charge in [-0.2, -0.15) is 0 Å². The van der Waals surface area contributed by atoms with Crippen molar-refractivity contribution in [3.63, 3.8) is 0 Å². The van der Waals surface area contributed by atoms with E-state index < -0.39 is 5.97 Å². The molecule has 0 radical (unpaired) electrons. The lowest BCUT2D eigenvalue weighted by Gasteiger charge is -2.06. The minimum Gasteiger partial charge on any atom is -0.494 e. The Balaban J connectivity index is 2.09. The van der Waals surface area contributed by atoms with E-state index in [1.54, 1.807) is 30.3 Å². The van der Waals surface area contributed by atoms with E-state index in [1.165, 1.54) is 14.2 Å². The summed E-state index contributed by atoms with van der Waals surface area (Å²) in [5, 5.41) is 0.708. The topological polar surface area (TPSA) is 61.6 Å². The van der Waals surface area contributed by atoms with Gasteiger partial charge in [0.05, 0.1) is 29.8 Å². The SMILES string of the molecule is COC(=O)c1ccc2oc(-c3cc(Cl)c(OC)c(Cl)c3)nc2c1. The zero-order valence-corrected chi connectivity index (χ0v) is 13.7. The molecule has 0 saturated heterocycles.